The highest BCUT2D eigenvalue weighted by atomic mass is 16.1. The summed E-state index contributed by atoms with van der Waals surface area (Å²) >= 11 is 0. The maximum Gasteiger partial charge on any atom is 0.240 e. The summed E-state index contributed by atoms with van der Waals surface area (Å²) in [6.45, 7) is 4.87. The Labute approximate surface area is 143 Å². The van der Waals surface area contributed by atoms with Gasteiger partial charge >= 0.3 is 0 Å². The minimum absolute atomic E-state index is 0.0423. The molecule has 2 N–H and O–H groups in total. The standard InChI is InChI=1S/C19H28N4O/c1-15-22-17-9-5-6-10-18(17)23(15)14-19(24)21-12-11-20-13-16-7-3-2-4-8-16/h5-6,9-10,16,20H,2-4,7-8,11-14H2,1H3,(H,21,24). The highest BCUT2D eigenvalue weighted by molar-refractivity contribution is 5.81. The number of benzene rings is 1. The van der Waals surface area contributed by atoms with Gasteiger partial charge in [0.1, 0.15) is 12.4 Å². The van der Waals surface area contributed by atoms with Gasteiger partial charge in [-0.05, 0) is 44.4 Å². The lowest BCUT2D eigenvalue weighted by Crippen LogP contribution is -2.35. The van der Waals surface area contributed by atoms with Gasteiger partial charge in [-0.2, -0.15) is 0 Å². The highest BCUT2D eigenvalue weighted by Crippen LogP contribution is 2.22. The molecule has 1 aliphatic rings. The van der Waals surface area contributed by atoms with Crippen molar-refractivity contribution in [2.24, 2.45) is 5.92 Å². The number of nitrogens with zero attached hydrogens (tertiary/aromatic N) is 2. The van der Waals surface area contributed by atoms with Gasteiger partial charge in [0.2, 0.25) is 5.91 Å². The normalized spacial score (nSPS) is 15.7. The molecular formula is C19H28N4O. The second-order valence-electron chi connectivity index (χ2n) is 6.79. The smallest absolute Gasteiger partial charge is 0.240 e. The van der Waals surface area contributed by atoms with Crippen LogP contribution in [0.15, 0.2) is 24.3 Å². The molecule has 0 unspecified atom stereocenters. The first-order valence-electron chi connectivity index (χ1n) is 9.13. The van der Waals surface area contributed by atoms with E-state index in [1.165, 1.54) is 32.1 Å². The predicted octanol–water partition coefficient (Wildman–Crippen LogP) is 2.63. The lowest BCUT2D eigenvalue weighted by atomic mass is 9.89. The molecule has 1 aromatic carbocycles. The predicted molar refractivity (Wildman–Crippen MR) is 96.9 cm³/mol. The number of rotatable bonds is 7. The zero-order chi connectivity index (χ0) is 16.8. The number of para-hydroxylation sites is 2. The fourth-order valence-corrected chi connectivity index (χ4v) is 3.58. The zero-order valence-electron chi connectivity index (χ0n) is 14.6. The van der Waals surface area contributed by atoms with Gasteiger partial charge in [-0.3, -0.25) is 4.79 Å². The molecule has 2 aromatic rings. The van der Waals surface area contributed by atoms with Crippen LogP contribution in [-0.4, -0.2) is 35.1 Å². The van der Waals surface area contributed by atoms with E-state index in [0.717, 1.165) is 35.9 Å². The monoisotopic (exact) mass is 328 g/mol. The quantitative estimate of drug-likeness (QED) is 0.768. The molecule has 0 spiro atoms. The van der Waals surface area contributed by atoms with Crippen molar-refractivity contribution in [2.75, 3.05) is 19.6 Å². The van der Waals surface area contributed by atoms with Crippen LogP contribution in [0, 0.1) is 12.8 Å². The molecule has 1 aliphatic carbocycles. The van der Waals surface area contributed by atoms with Crippen molar-refractivity contribution in [1.29, 1.82) is 0 Å². The number of aromatic nitrogens is 2. The van der Waals surface area contributed by atoms with E-state index in [4.69, 9.17) is 0 Å². The molecule has 1 fully saturated rings. The van der Waals surface area contributed by atoms with E-state index >= 15 is 0 Å². The van der Waals surface area contributed by atoms with Crippen LogP contribution < -0.4 is 10.6 Å². The van der Waals surface area contributed by atoms with E-state index in [2.05, 4.69) is 15.6 Å². The number of aryl methyl sites for hydroxylation is 1. The van der Waals surface area contributed by atoms with Gasteiger partial charge in [-0.15, -0.1) is 0 Å². The van der Waals surface area contributed by atoms with Gasteiger partial charge in [-0.1, -0.05) is 31.4 Å². The summed E-state index contributed by atoms with van der Waals surface area (Å²) in [6, 6.07) is 7.93. The molecule has 0 saturated heterocycles. The topological polar surface area (TPSA) is 59.0 Å². The summed E-state index contributed by atoms with van der Waals surface area (Å²) in [7, 11) is 0. The van der Waals surface area contributed by atoms with Crippen molar-refractivity contribution in [2.45, 2.75) is 45.6 Å². The van der Waals surface area contributed by atoms with E-state index < -0.39 is 0 Å². The third-order valence-corrected chi connectivity index (χ3v) is 4.93. The van der Waals surface area contributed by atoms with Crippen molar-refractivity contribution in [3.63, 3.8) is 0 Å². The number of fused-ring (bicyclic) bond motifs is 1. The van der Waals surface area contributed by atoms with Crippen LogP contribution in [0.1, 0.15) is 37.9 Å². The second-order valence-corrected chi connectivity index (χ2v) is 6.79. The Bertz CT molecular complexity index is 673. The van der Waals surface area contributed by atoms with E-state index in [-0.39, 0.29) is 5.91 Å². The Hall–Kier alpha value is -1.88. The summed E-state index contributed by atoms with van der Waals surface area (Å²) in [5.74, 6) is 1.75. The summed E-state index contributed by atoms with van der Waals surface area (Å²) in [5, 5.41) is 6.48. The molecule has 1 heterocycles. The number of imidazole rings is 1. The summed E-state index contributed by atoms with van der Waals surface area (Å²) < 4.78 is 1.97. The molecular weight excluding hydrogens is 300 g/mol. The Morgan fingerprint density at radius 3 is 2.83 bits per heavy atom. The minimum Gasteiger partial charge on any atom is -0.353 e. The van der Waals surface area contributed by atoms with Crippen molar-refractivity contribution in [1.82, 2.24) is 20.2 Å². The molecule has 1 aromatic heterocycles. The van der Waals surface area contributed by atoms with Crippen LogP contribution in [0.4, 0.5) is 0 Å². The first-order chi connectivity index (χ1) is 11.7. The van der Waals surface area contributed by atoms with Crippen LogP contribution in [0.3, 0.4) is 0 Å². The van der Waals surface area contributed by atoms with Crippen LogP contribution in [-0.2, 0) is 11.3 Å². The van der Waals surface area contributed by atoms with Crippen LogP contribution in [0.25, 0.3) is 11.0 Å². The summed E-state index contributed by atoms with van der Waals surface area (Å²) in [5.41, 5.74) is 1.96. The van der Waals surface area contributed by atoms with Crippen molar-refractivity contribution >= 4 is 16.9 Å². The van der Waals surface area contributed by atoms with E-state index in [0.29, 0.717) is 13.1 Å². The molecule has 0 atom stereocenters. The minimum atomic E-state index is 0.0423. The first-order valence-corrected chi connectivity index (χ1v) is 9.13. The second kappa shape index (κ2) is 8.29. The number of nitrogens with one attached hydrogen (secondary N) is 2. The number of amides is 1. The number of hydrogen-bond acceptors (Lipinski definition) is 3. The average Bonchev–Trinajstić information content (AvgIpc) is 2.91. The molecule has 1 saturated carbocycles. The Balaban J connectivity index is 1.40. The molecule has 0 aliphatic heterocycles. The summed E-state index contributed by atoms with van der Waals surface area (Å²) in [4.78, 5) is 16.7. The molecule has 3 rings (SSSR count). The molecule has 1 amide bonds. The molecule has 5 nitrogen and oxygen atoms in total. The van der Waals surface area contributed by atoms with Crippen molar-refractivity contribution in [3.8, 4) is 0 Å². The van der Waals surface area contributed by atoms with E-state index in [9.17, 15) is 4.79 Å². The third kappa shape index (κ3) is 4.35. The third-order valence-electron chi connectivity index (χ3n) is 4.93. The SMILES string of the molecule is Cc1nc2ccccc2n1CC(=O)NCCNCC1CCCCC1. The largest absolute Gasteiger partial charge is 0.353 e. The molecule has 0 radical (unpaired) electrons. The van der Waals surface area contributed by atoms with Gasteiger partial charge in [-0.25, -0.2) is 4.98 Å². The molecule has 130 valence electrons. The fourth-order valence-electron chi connectivity index (χ4n) is 3.58. The number of hydrogen-bond donors (Lipinski definition) is 2. The highest BCUT2D eigenvalue weighted by Gasteiger charge is 2.13. The lowest BCUT2D eigenvalue weighted by Gasteiger charge is -2.21. The Morgan fingerprint density at radius 2 is 2.00 bits per heavy atom. The maximum absolute atomic E-state index is 12.2. The lowest BCUT2D eigenvalue weighted by molar-refractivity contribution is -0.121. The van der Waals surface area contributed by atoms with Gasteiger partial charge < -0.3 is 15.2 Å². The number of carbonyl (C=O) groups excluding carboxylic acids is 1. The molecule has 0 bridgehead atoms. The van der Waals surface area contributed by atoms with Crippen LogP contribution in [0.2, 0.25) is 0 Å². The average molecular weight is 328 g/mol. The van der Waals surface area contributed by atoms with Crippen LogP contribution in [0.5, 0.6) is 0 Å². The summed E-state index contributed by atoms with van der Waals surface area (Å²) in [6.07, 6.45) is 6.86. The Morgan fingerprint density at radius 1 is 1.21 bits per heavy atom. The van der Waals surface area contributed by atoms with Crippen LogP contribution >= 0.6 is 0 Å². The van der Waals surface area contributed by atoms with Gasteiger partial charge in [0.25, 0.3) is 0 Å². The van der Waals surface area contributed by atoms with Crippen molar-refractivity contribution in [3.05, 3.63) is 30.1 Å². The first kappa shape index (κ1) is 17.0. The van der Waals surface area contributed by atoms with E-state index in [1.54, 1.807) is 0 Å². The van der Waals surface area contributed by atoms with E-state index in [1.807, 2.05) is 35.8 Å². The number of carbonyl (C=O) groups is 1. The fraction of sp³-hybridized carbons (Fsp3) is 0.579. The van der Waals surface area contributed by atoms with Gasteiger partial charge in [0, 0.05) is 13.1 Å². The maximum atomic E-state index is 12.2. The van der Waals surface area contributed by atoms with Gasteiger partial charge in [0.05, 0.1) is 11.0 Å². The molecule has 5 heteroatoms. The Kier molecular flexibility index (Phi) is 5.86. The molecule has 24 heavy (non-hydrogen) atoms. The van der Waals surface area contributed by atoms with Crippen molar-refractivity contribution < 1.29 is 4.79 Å². The zero-order valence-corrected chi connectivity index (χ0v) is 14.6. The van der Waals surface area contributed by atoms with Gasteiger partial charge in [0.15, 0.2) is 0 Å².